The van der Waals surface area contributed by atoms with Crippen molar-refractivity contribution in [2.45, 2.75) is 25.6 Å². The molecule has 1 aromatic heterocycles. The highest BCUT2D eigenvalue weighted by Gasteiger charge is 2.15. The molecule has 1 heterocycles. The Kier molecular flexibility index (Phi) is 3.80. The molecule has 1 aromatic carbocycles. The molecule has 0 fully saturated rings. The van der Waals surface area contributed by atoms with Gasteiger partial charge < -0.3 is 4.42 Å². The van der Waals surface area contributed by atoms with Crippen molar-refractivity contribution in [3.63, 3.8) is 0 Å². The molecule has 0 aliphatic carbocycles. The normalized spacial score (nSPS) is 12.7. The van der Waals surface area contributed by atoms with Gasteiger partial charge in [0.1, 0.15) is 0 Å². The Balaban J connectivity index is 2.16. The van der Waals surface area contributed by atoms with Crippen molar-refractivity contribution in [2.75, 3.05) is 0 Å². The lowest BCUT2D eigenvalue weighted by molar-refractivity contribution is 0.565. The van der Waals surface area contributed by atoms with Gasteiger partial charge in [0.05, 0.1) is 11.6 Å². The van der Waals surface area contributed by atoms with E-state index in [9.17, 15) is 0 Å². The van der Waals surface area contributed by atoms with Crippen LogP contribution in [-0.4, -0.2) is 0 Å². The zero-order valence-electron chi connectivity index (χ0n) is 9.84. The second-order valence-electron chi connectivity index (χ2n) is 4.24. The zero-order valence-corrected chi connectivity index (χ0v) is 11.3. The molecule has 0 aliphatic heterocycles. The van der Waals surface area contributed by atoms with Crippen LogP contribution in [-0.2, 0) is 6.42 Å². The maximum Gasteiger partial charge on any atom is 0.197 e. The van der Waals surface area contributed by atoms with Gasteiger partial charge >= 0.3 is 0 Å². The minimum Gasteiger partial charge on any atom is -0.453 e. The van der Waals surface area contributed by atoms with Crippen LogP contribution in [0, 0.1) is 13.8 Å². The zero-order chi connectivity index (χ0) is 12.4. The van der Waals surface area contributed by atoms with Crippen molar-refractivity contribution in [2.24, 2.45) is 0 Å². The molecular formula is C14H14Cl2O. The maximum atomic E-state index is 6.34. The lowest BCUT2D eigenvalue weighted by atomic mass is 10.0. The first-order valence-corrected chi connectivity index (χ1v) is 6.32. The predicted molar refractivity (Wildman–Crippen MR) is 71.9 cm³/mol. The van der Waals surface area contributed by atoms with E-state index in [-0.39, 0.29) is 5.38 Å². The molecule has 0 spiro atoms. The van der Waals surface area contributed by atoms with Gasteiger partial charge in [0.15, 0.2) is 5.22 Å². The van der Waals surface area contributed by atoms with E-state index in [2.05, 4.69) is 32.0 Å². The van der Waals surface area contributed by atoms with Crippen molar-refractivity contribution in [1.29, 1.82) is 0 Å². The Bertz CT molecular complexity index is 517. The predicted octanol–water partition coefficient (Wildman–Crippen LogP) is 5.07. The second kappa shape index (κ2) is 5.16. The van der Waals surface area contributed by atoms with Gasteiger partial charge in [-0.05, 0) is 54.6 Å². The number of aryl methyl sites for hydroxylation is 2. The van der Waals surface area contributed by atoms with E-state index in [1.54, 1.807) is 6.26 Å². The number of benzene rings is 1. The summed E-state index contributed by atoms with van der Waals surface area (Å²) in [5, 5.41) is 0.234. The third kappa shape index (κ3) is 2.85. The fourth-order valence-corrected chi connectivity index (χ4v) is 2.43. The molecular weight excluding hydrogens is 255 g/mol. The maximum absolute atomic E-state index is 6.34. The monoisotopic (exact) mass is 268 g/mol. The molecule has 0 aliphatic rings. The van der Waals surface area contributed by atoms with Crippen LogP contribution in [0.4, 0.5) is 0 Å². The second-order valence-corrected chi connectivity index (χ2v) is 5.11. The summed E-state index contributed by atoms with van der Waals surface area (Å²) in [5.74, 6) is 0. The van der Waals surface area contributed by atoms with Crippen LogP contribution in [0.5, 0.6) is 0 Å². The summed E-state index contributed by atoms with van der Waals surface area (Å²) in [6, 6.07) is 8.21. The van der Waals surface area contributed by atoms with E-state index < -0.39 is 0 Å². The van der Waals surface area contributed by atoms with E-state index in [4.69, 9.17) is 27.6 Å². The molecule has 1 nitrogen and oxygen atoms in total. The van der Waals surface area contributed by atoms with Crippen LogP contribution in [0.15, 0.2) is 34.9 Å². The van der Waals surface area contributed by atoms with E-state index in [0.29, 0.717) is 5.22 Å². The average molecular weight is 269 g/mol. The van der Waals surface area contributed by atoms with Crippen molar-refractivity contribution in [3.05, 3.63) is 58.0 Å². The van der Waals surface area contributed by atoms with Crippen LogP contribution < -0.4 is 0 Å². The quantitative estimate of drug-likeness (QED) is 0.709. The van der Waals surface area contributed by atoms with Gasteiger partial charge in [-0.3, -0.25) is 0 Å². The molecule has 1 atom stereocenters. The Morgan fingerprint density at radius 2 is 1.94 bits per heavy atom. The molecule has 0 saturated heterocycles. The summed E-state index contributed by atoms with van der Waals surface area (Å²) in [7, 11) is 0. The lowest BCUT2D eigenvalue weighted by Gasteiger charge is -2.09. The number of alkyl halides is 1. The summed E-state index contributed by atoms with van der Waals surface area (Å²) >= 11 is 12.2. The highest BCUT2D eigenvalue weighted by Crippen LogP contribution is 2.31. The van der Waals surface area contributed by atoms with Crippen LogP contribution >= 0.6 is 23.2 Å². The topological polar surface area (TPSA) is 13.1 Å². The first kappa shape index (κ1) is 12.5. The summed E-state index contributed by atoms with van der Waals surface area (Å²) in [5.41, 5.74) is 4.64. The molecule has 0 radical (unpaired) electrons. The lowest BCUT2D eigenvalue weighted by Crippen LogP contribution is -1.96. The number of hydrogen-bond donors (Lipinski definition) is 0. The summed E-state index contributed by atoms with van der Waals surface area (Å²) in [6.07, 6.45) is 2.31. The smallest absolute Gasteiger partial charge is 0.197 e. The molecule has 1 unspecified atom stereocenters. The average Bonchev–Trinajstić information content (AvgIpc) is 2.70. The molecule has 0 N–H and O–H groups in total. The summed E-state index contributed by atoms with van der Waals surface area (Å²) < 4.78 is 5.05. The number of hydrogen-bond acceptors (Lipinski definition) is 1. The van der Waals surface area contributed by atoms with Crippen molar-refractivity contribution >= 4 is 23.2 Å². The van der Waals surface area contributed by atoms with E-state index in [1.807, 2.05) is 6.07 Å². The van der Waals surface area contributed by atoms with Crippen LogP contribution in [0.2, 0.25) is 5.22 Å². The van der Waals surface area contributed by atoms with E-state index >= 15 is 0 Å². The van der Waals surface area contributed by atoms with Gasteiger partial charge in [0, 0.05) is 5.56 Å². The van der Waals surface area contributed by atoms with E-state index in [0.717, 1.165) is 12.0 Å². The Morgan fingerprint density at radius 3 is 2.53 bits per heavy atom. The van der Waals surface area contributed by atoms with Crippen LogP contribution in [0.1, 0.15) is 27.6 Å². The van der Waals surface area contributed by atoms with Gasteiger partial charge in [0.25, 0.3) is 0 Å². The number of rotatable bonds is 3. The highest BCUT2D eigenvalue weighted by molar-refractivity contribution is 6.31. The standard InChI is InChI=1S/C14H14Cl2O/c1-9-3-4-11(7-10(9)2)8-13(15)12-5-6-17-14(12)16/h3-7,13H,8H2,1-2H3. The van der Waals surface area contributed by atoms with Gasteiger partial charge in [-0.15, -0.1) is 11.6 Å². The molecule has 0 bridgehead atoms. The van der Waals surface area contributed by atoms with E-state index in [1.165, 1.54) is 16.7 Å². The molecule has 17 heavy (non-hydrogen) atoms. The van der Waals surface area contributed by atoms with Crippen molar-refractivity contribution in [3.8, 4) is 0 Å². The van der Waals surface area contributed by atoms with Gasteiger partial charge in [0.2, 0.25) is 0 Å². The van der Waals surface area contributed by atoms with Crippen LogP contribution in [0.3, 0.4) is 0 Å². The van der Waals surface area contributed by atoms with Gasteiger partial charge in [-0.1, -0.05) is 18.2 Å². The molecule has 2 aromatic rings. The minimum atomic E-state index is -0.150. The summed E-state index contributed by atoms with van der Waals surface area (Å²) in [4.78, 5) is 0. The SMILES string of the molecule is Cc1ccc(CC(Cl)c2ccoc2Cl)cc1C. The van der Waals surface area contributed by atoms with Gasteiger partial charge in [-0.25, -0.2) is 0 Å². The van der Waals surface area contributed by atoms with Gasteiger partial charge in [-0.2, -0.15) is 0 Å². The highest BCUT2D eigenvalue weighted by atomic mass is 35.5. The number of furan rings is 1. The molecule has 0 amide bonds. The number of halogens is 2. The van der Waals surface area contributed by atoms with Crippen molar-refractivity contribution < 1.29 is 4.42 Å². The van der Waals surface area contributed by atoms with Crippen molar-refractivity contribution in [1.82, 2.24) is 0 Å². The summed E-state index contributed by atoms with van der Waals surface area (Å²) in [6.45, 7) is 4.21. The first-order valence-electron chi connectivity index (χ1n) is 5.51. The Hall–Kier alpha value is -0.920. The molecule has 3 heteroatoms. The third-order valence-corrected chi connectivity index (χ3v) is 3.67. The fourth-order valence-electron chi connectivity index (χ4n) is 1.78. The largest absolute Gasteiger partial charge is 0.453 e. The Labute approximate surface area is 111 Å². The molecule has 90 valence electrons. The fraction of sp³-hybridized carbons (Fsp3) is 0.286. The molecule has 0 saturated carbocycles. The first-order chi connectivity index (χ1) is 8.08. The molecule has 2 rings (SSSR count). The third-order valence-electron chi connectivity index (χ3n) is 2.97. The minimum absolute atomic E-state index is 0.150. The Morgan fingerprint density at radius 1 is 1.18 bits per heavy atom. The van der Waals surface area contributed by atoms with Crippen LogP contribution in [0.25, 0.3) is 0 Å².